The van der Waals surface area contributed by atoms with E-state index in [4.69, 9.17) is 0 Å². The smallest absolute Gasteiger partial charge is 0.266 e. The van der Waals surface area contributed by atoms with Gasteiger partial charge in [-0.2, -0.15) is 0 Å². The highest BCUT2D eigenvalue weighted by Crippen LogP contribution is 2.20. The summed E-state index contributed by atoms with van der Waals surface area (Å²) in [6.45, 7) is 0. The summed E-state index contributed by atoms with van der Waals surface area (Å²) in [7, 11) is 0. The number of rotatable bonds is 2. The van der Waals surface area contributed by atoms with Crippen molar-refractivity contribution in [1.82, 2.24) is 9.38 Å². The van der Waals surface area contributed by atoms with E-state index < -0.39 is 11.7 Å². The van der Waals surface area contributed by atoms with Crippen LogP contribution in [0.4, 0.5) is 10.1 Å². The summed E-state index contributed by atoms with van der Waals surface area (Å²) in [6, 6.07) is 14.3. The van der Waals surface area contributed by atoms with Crippen LogP contribution in [-0.4, -0.2) is 15.3 Å². The molecule has 4 rings (SSSR count). The lowest BCUT2D eigenvalue weighted by Gasteiger charge is -2.05. The zero-order valence-corrected chi connectivity index (χ0v) is 13.0. The van der Waals surface area contributed by atoms with E-state index in [1.807, 2.05) is 12.1 Å². The lowest BCUT2D eigenvalue weighted by atomic mass is 10.3. The first kappa shape index (κ1) is 14.5. The number of fused-ring (bicyclic) bond motifs is 3. The van der Waals surface area contributed by atoms with Crippen LogP contribution in [0.15, 0.2) is 59.4 Å². The SMILES string of the molecule is O=C(Nc1ccccc1F)c1cc(=O)n2c(nc3ccccc32)s1. The quantitative estimate of drug-likeness (QED) is 0.609. The Morgan fingerprint density at radius 2 is 1.88 bits per heavy atom. The second-order valence-electron chi connectivity index (χ2n) is 5.10. The Kier molecular flexibility index (Phi) is 3.35. The molecule has 5 nitrogen and oxygen atoms in total. The van der Waals surface area contributed by atoms with Gasteiger partial charge in [0.25, 0.3) is 11.5 Å². The highest BCUT2D eigenvalue weighted by atomic mass is 32.1. The maximum atomic E-state index is 13.6. The molecular formula is C17H10FN3O2S. The Labute approximate surface area is 139 Å². The Morgan fingerprint density at radius 3 is 2.71 bits per heavy atom. The number of amides is 1. The summed E-state index contributed by atoms with van der Waals surface area (Å²) in [4.78, 5) is 29.7. The topological polar surface area (TPSA) is 63.5 Å². The Balaban J connectivity index is 1.80. The molecule has 0 fully saturated rings. The largest absolute Gasteiger partial charge is 0.319 e. The van der Waals surface area contributed by atoms with Gasteiger partial charge < -0.3 is 5.32 Å². The summed E-state index contributed by atoms with van der Waals surface area (Å²) in [5.41, 5.74) is 1.08. The molecule has 0 atom stereocenters. The van der Waals surface area contributed by atoms with Crippen molar-refractivity contribution in [2.45, 2.75) is 0 Å². The fourth-order valence-electron chi connectivity index (χ4n) is 2.45. The minimum absolute atomic E-state index is 0.0653. The number of para-hydroxylation sites is 3. The van der Waals surface area contributed by atoms with Crippen LogP contribution in [0.25, 0.3) is 16.0 Å². The van der Waals surface area contributed by atoms with Crippen LogP contribution in [0.1, 0.15) is 9.67 Å². The number of carbonyl (C=O) groups is 1. The van der Waals surface area contributed by atoms with Crippen molar-refractivity contribution in [1.29, 1.82) is 0 Å². The molecular weight excluding hydrogens is 329 g/mol. The number of imidazole rings is 1. The molecule has 1 N–H and O–H groups in total. The molecule has 0 spiro atoms. The van der Waals surface area contributed by atoms with Crippen molar-refractivity contribution < 1.29 is 9.18 Å². The standard InChI is InChI=1S/C17H10FN3O2S/c18-10-5-1-2-6-11(10)19-16(23)14-9-15(22)21-13-8-4-3-7-12(13)20-17(21)24-14/h1-9H,(H,19,23). The van der Waals surface area contributed by atoms with Gasteiger partial charge in [-0.25, -0.2) is 9.37 Å². The zero-order valence-electron chi connectivity index (χ0n) is 12.2. The van der Waals surface area contributed by atoms with Crippen LogP contribution >= 0.6 is 11.3 Å². The van der Waals surface area contributed by atoms with Crippen molar-refractivity contribution >= 4 is 38.9 Å². The third-order valence-electron chi connectivity index (χ3n) is 3.55. The molecule has 2 heterocycles. The molecule has 1 amide bonds. The van der Waals surface area contributed by atoms with Gasteiger partial charge >= 0.3 is 0 Å². The minimum Gasteiger partial charge on any atom is -0.319 e. The molecule has 0 unspecified atom stereocenters. The maximum absolute atomic E-state index is 13.6. The highest BCUT2D eigenvalue weighted by Gasteiger charge is 2.15. The number of nitrogens with one attached hydrogen (secondary N) is 1. The first-order valence-electron chi connectivity index (χ1n) is 7.11. The predicted molar refractivity (Wildman–Crippen MR) is 91.2 cm³/mol. The van der Waals surface area contributed by atoms with Gasteiger partial charge in [-0.15, -0.1) is 0 Å². The van der Waals surface area contributed by atoms with Gasteiger partial charge in [0.15, 0.2) is 4.96 Å². The third kappa shape index (κ3) is 2.35. The summed E-state index contributed by atoms with van der Waals surface area (Å²) in [5, 5.41) is 2.47. The average molecular weight is 339 g/mol. The fourth-order valence-corrected chi connectivity index (χ4v) is 3.37. The molecule has 0 saturated heterocycles. The fraction of sp³-hybridized carbons (Fsp3) is 0. The lowest BCUT2D eigenvalue weighted by molar-refractivity contribution is 0.102. The van der Waals surface area contributed by atoms with Gasteiger partial charge in [0, 0.05) is 6.07 Å². The van der Waals surface area contributed by atoms with E-state index >= 15 is 0 Å². The highest BCUT2D eigenvalue weighted by molar-refractivity contribution is 7.18. The van der Waals surface area contributed by atoms with Crippen molar-refractivity contribution in [3.8, 4) is 0 Å². The first-order valence-corrected chi connectivity index (χ1v) is 7.92. The van der Waals surface area contributed by atoms with Crippen molar-refractivity contribution in [3.63, 3.8) is 0 Å². The molecule has 118 valence electrons. The second kappa shape index (κ2) is 5.54. The molecule has 2 aromatic heterocycles. The van der Waals surface area contributed by atoms with E-state index in [1.165, 1.54) is 28.7 Å². The van der Waals surface area contributed by atoms with Crippen molar-refractivity contribution in [2.75, 3.05) is 5.32 Å². The molecule has 0 bridgehead atoms. The van der Waals surface area contributed by atoms with Crippen LogP contribution < -0.4 is 10.9 Å². The molecule has 0 radical (unpaired) electrons. The second-order valence-corrected chi connectivity index (χ2v) is 6.11. The van der Waals surface area contributed by atoms with Gasteiger partial charge in [0.1, 0.15) is 10.7 Å². The molecule has 0 saturated carbocycles. The van der Waals surface area contributed by atoms with Gasteiger partial charge in [-0.05, 0) is 24.3 Å². The van der Waals surface area contributed by atoms with E-state index in [2.05, 4.69) is 10.3 Å². The third-order valence-corrected chi connectivity index (χ3v) is 4.53. The Hall–Kier alpha value is -3.06. The summed E-state index contributed by atoms with van der Waals surface area (Å²) in [6.07, 6.45) is 0. The molecule has 0 aliphatic rings. The normalized spacial score (nSPS) is 11.0. The van der Waals surface area contributed by atoms with Crippen LogP contribution in [0, 0.1) is 5.82 Å². The Bertz CT molecular complexity index is 1150. The molecule has 7 heteroatoms. The van der Waals surface area contributed by atoms with Gasteiger partial charge in [0.05, 0.1) is 16.7 Å². The van der Waals surface area contributed by atoms with Crippen molar-refractivity contribution in [2.24, 2.45) is 0 Å². The van der Waals surface area contributed by atoms with E-state index in [9.17, 15) is 14.0 Å². The summed E-state index contributed by atoms with van der Waals surface area (Å²) < 4.78 is 15.1. The van der Waals surface area contributed by atoms with Gasteiger partial charge in [-0.1, -0.05) is 35.6 Å². The predicted octanol–water partition coefficient (Wildman–Crippen LogP) is 3.30. The van der Waals surface area contributed by atoms with Crippen LogP contribution in [-0.2, 0) is 0 Å². The van der Waals surface area contributed by atoms with E-state index in [0.717, 1.165) is 11.3 Å². The number of hydrogen-bond acceptors (Lipinski definition) is 4. The number of hydrogen-bond donors (Lipinski definition) is 1. The Morgan fingerprint density at radius 1 is 1.12 bits per heavy atom. The number of benzene rings is 2. The molecule has 24 heavy (non-hydrogen) atoms. The van der Waals surface area contributed by atoms with Crippen LogP contribution in [0.5, 0.6) is 0 Å². The number of aromatic nitrogens is 2. The minimum atomic E-state index is -0.545. The molecule has 0 aliphatic carbocycles. The lowest BCUT2D eigenvalue weighted by Crippen LogP contribution is -2.17. The van der Waals surface area contributed by atoms with Crippen LogP contribution in [0.2, 0.25) is 0 Å². The number of nitrogens with zero attached hydrogens (tertiary/aromatic N) is 2. The number of anilines is 1. The molecule has 0 aliphatic heterocycles. The average Bonchev–Trinajstić information content (AvgIpc) is 2.95. The number of halogens is 1. The van der Waals surface area contributed by atoms with Gasteiger partial charge in [0.2, 0.25) is 0 Å². The molecule has 2 aromatic carbocycles. The van der Waals surface area contributed by atoms with Gasteiger partial charge in [-0.3, -0.25) is 14.0 Å². The maximum Gasteiger partial charge on any atom is 0.266 e. The monoisotopic (exact) mass is 339 g/mol. The number of carbonyl (C=O) groups excluding carboxylic acids is 1. The zero-order chi connectivity index (χ0) is 16.7. The first-order chi connectivity index (χ1) is 11.6. The summed E-state index contributed by atoms with van der Waals surface area (Å²) >= 11 is 1.08. The molecule has 4 aromatic rings. The van der Waals surface area contributed by atoms with E-state index in [-0.39, 0.29) is 16.1 Å². The summed E-state index contributed by atoms with van der Waals surface area (Å²) in [5.74, 6) is -1.08. The van der Waals surface area contributed by atoms with Crippen LogP contribution in [0.3, 0.4) is 0 Å². The van der Waals surface area contributed by atoms with E-state index in [0.29, 0.717) is 16.0 Å². The van der Waals surface area contributed by atoms with E-state index in [1.54, 1.807) is 18.2 Å². The van der Waals surface area contributed by atoms with Crippen molar-refractivity contribution in [3.05, 3.63) is 75.6 Å².